The summed E-state index contributed by atoms with van der Waals surface area (Å²) < 4.78 is 5.72. The Balaban J connectivity index is 2.07. The van der Waals surface area contributed by atoms with E-state index in [1.54, 1.807) is 0 Å². The molecule has 1 aliphatic heterocycles. The molecule has 3 nitrogen and oxygen atoms in total. The Labute approximate surface area is 84.4 Å². The lowest BCUT2D eigenvalue weighted by molar-refractivity contribution is -0.0606. The molecule has 14 heavy (non-hydrogen) atoms. The maximum Gasteiger partial charge on any atom is 0.0966 e. The summed E-state index contributed by atoms with van der Waals surface area (Å²) in [5.74, 6) is 5.86. The number of hydrogen-bond acceptors (Lipinski definition) is 3. The van der Waals surface area contributed by atoms with Crippen molar-refractivity contribution in [1.82, 2.24) is 5.01 Å². The molecule has 0 radical (unpaired) electrons. The molecule has 1 aromatic rings. The number of nitrogens with zero attached hydrogens (tertiary/aromatic N) is 1. The summed E-state index contributed by atoms with van der Waals surface area (Å²) in [5, 5.41) is 1.85. The molecule has 1 aromatic carbocycles. The molecule has 0 aliphatic carbocycles. The molecule has 0 aromatic heterocycles. The van der Waals surface area contributed by atoms with E-state index in [4.69, 9.17) is 10.6 Å². The van der Waals surface area contributed by atoms with Crippen LogP contribution in [0, 0.1) is 0 Å². The number of benzene rings is 1. The highest BCUT2D eigenvalue weighted by molar-refractivity contribution is 5.18. The van der Waals surface area contributed by atoms with Crippen LogP contribution in [0.15, 0.2) is 30.3 Å². The zero-order chi connectivity index (χ0) is 9.97. The fraction of sp³-hybridized carbons (Fsp3) is 0.455. The zero-order valence-electron chi connectivity index (χ0n) is 8.39. The van der Waals surface area contributed by atoms with Crippen molar-refractivity contribution in [3.8, 4) is 0 Å². The minimum absolute atomic E-state index is 0.123. The highest BCUT2D eigenvalue weighted by Gasteiger charge is 2.24. The van der Waals surface area contributed by atoms with E-state index in [0.717, 1.165) is 6.54 Å². The SMILES string of the molecule is CC1COC(c2ccccc2)CN1N. The van der Waals surface area contributed by atoms with Gasteiger partial charge in [-0.15, -0.1) is 0 Å². The van der Waals surface area contributed by atoms with Gasteiger partial charge in [0.2, 0.25) is 0 Å². The molecule has 0 saturated carbocycles. The van der Waals surface area contributed by atoms with E-state index in [1.807, 2.05) is 23.2 Å². The molecule has 0 amide bonds. The number of hydrazine groups is 1. The van der Waals surface area contributed by atoms with Gasteiger partial charge in [-0.3, -0.25) is 5.84 Å². The normalized spacial score (nSPS) is 29.0. The second-order valence-corrected chi connectivity index (χ2v) is 3.78. The average molecular weight is 192 g/mol. The predicted octanol–water partition coefficient (Wildman–Crippen LogP) is 1.32. The third-order valence-corrected chi connectivity index (χ3v) is 2.65. The Morgan fingerprint density at radius 2 is 2.07 bits per heavy atom. The molecule has 2 unspecified atom stereocenters. The van der Waals surface area contributed by atoms with Gasteiger partial charge in [-0.1, -0.05) is 30.3 Å². The lowest BCUT2D eigenvalue weighted by atomic mass is 10.1. The van der Waals surface area contributed by atoms with Crippen LogP contribution in [0.4, 0.5) is 0 Å². The van der Waals surface area contributed by atoms with E-state index >= 15 is 0 Å². The monoisotopic (exact) mass is 192 g/mol. The van der Waals surface area contributed by atoms with E-state index in [0.29, 0.717) is 12.6 Å². The minimum atomic E-state index is 0.123. The van der Waals surface area contributed by atoms with Gasteiger partial charge in [0.25, 0.3) is 0 Å². The van der Waals surface area contributed by atoms with Crippen LogP contribution in [0.1, 0.15) is 18.6 Å². The highest BCUT2D eigenvalue weighted by atomic mass is 16.5. The second kappa shape index (κ2) is 4.09. The zero-order valence-corrected chi connectivity index (χ0v) is 8.39. The van der Waals surface area contributed by atoms with Crippen LogP contribution < -0.4 is 5.84 Å². The van der Waals surface area contributed by atoms with Gasteiger partial charge in [-0.25, -0.2) is 5.01 Å². The molecule has 76 valence electrons. The van der Waals surface area contributed by atoms with Crippen molar-refractivity contribution in [2.24, 2.45) is 5.84 Å². The minimum Gasteiger partial charge on any atom is -0.370 e. The first-order chi connectivity index (χ1) is 6.77. The Bertz CT molecular complexity index is 289. The molecule has 1 saturated heterocycles. The summed E-state index contributed by atoms with van der Waals surface area (Å²) in [6.45, 7) is 3.54. The van der Waals surface area contributed by atoms with Crippen molar-refractivity contribution in [2.75, 3.05) is 13.2 Å². The molecule has 1 heterocycles. The maximum absolute atomic E-state index is 5.86. The van der Waals surface area contributed by atoms with Gasteiger partial charge < -0.3 is 4.74 Å². The number of hydrogen-bond donors (Lipinski definition) is 1. The smallest absolute Gasteiger partial charge is 0.0966 e. The molecular weight excluding hydrogens is 176 g/mol. The van der Waals surface area contributed by atoms with E-state index in [1.165, 1.54) is 5.56 Å². The number of nitrogens with two attached hydrogens (primary N) is 1. The van der Waals surface area contributed by atoms with Crippen LogP contribution in [0.25, 0.3) is 0 Å². The summed E-state index contributed by atoms with van der Waals surface area (Å²) in [6.07, 6.45) is 0.123. The van der Waals surface area contributed by atoms with Crippen molar-refractivity contribution in [2.45, 2.75) is 19.1 Å². The molecule has 2 N–H and O–H groups in total. The van der Waals surface area contributed by atoms with E-state index in [-0.39, 0.29) is 6.10 Å². The summed E-state index contributed by atoms with van der Waals surface area (Å²) in [4.78, 5) is 0. The van der Waals surface area contributed by atoms with Crippen molar-refractivity contribution in [3.63, 3.8) is 0 Å². The third-order valence-electron chi connectivity index (χ3n) is 2.65. The topological polar surface area (TPSA) is 38.5 Å². The molecule has 1 aliphatic rings. The molecule has 0 bridgehead atoms. The van der Waals surface area contributed by atoms with Crippen molar-refractivity contribution >= 4 is 0 Å². The Morgan fingerprint density at radius 3 is 2.71 bits per heavy atom. The quantitative estimate of drug-likeness (QED) is 0.682. The standard InChI is InChI=1S/C11H16N2O/c1-9-8-14-11(7-13(9)12)10-5-3-2-4-6-10/h2-6,9,11H,7-8,12H2,1H3. The van der Waals surface area contributed by atoms with Crippen molar-refractivity contribution in [1.29, 1.82) is 0 Å². The predicted molar refractivity (Wildman–Crippen MR) is 55.5 cm³/mol. The summed E-state index contributed by atoms with van der Waals surface area (Å²) in [7, 11) is 0. The van der Waals surface area contributed by atoms with Gasteiger partial charge in [0.1, 0.15) is 0 Å². The molecule has 1 fully saturated rings. The fourth-order valence-electron chi connectivity index (χ4n) is 1.64. The largest absolute Gasteiger partial charge is 0.370 e. The first kappa shape index (κ1) is 9.65. The van der Waals surface area contributed by atoms with Crippen molar-refractivity contribution in [3.05, 3.63) is 35.9 Å². The first-order valence-electron chi connectivity index (χ1n) is 4.95. The molecular formula is C11H16N2O. The Hall–Kier alpha value is -0.900. The second-order valence-electron chi connectivity index (χ2n) is 3.78. The van der Waals surface area contributed by atoms with Crippen LogP contribution in [0.2, 0.25) is 0 Å². The fourth-order valence-corrected chi connectivity index (χ4v) is 1.64. The average Bonchev–Trinajstić information content (AvgIpc) is 2.23. The van der Waals surface area contributed by atoms with Crippen LogP contribution >= 0.6 is 0 Å². The van der Waals surface area contributed by atoms with Gasteiger partial charge in [0, 0.05) is 12.6 Å². The Kier molecular flexibility index (Phi) is 2.82. The summed E-state index contributed by atoms with van der Waals surface area (Å²) in [6, 6.07) is 10.5. The lowest BCUT2D eigenvalue weighted by Gasteiger charge is -2.34. The molecule has 3 heteroatoms. The van der Waals surface area contributed by atoms with Gasteiger partial charge >= 0.3 is 0 Å². The number of ether oxygens (including phenoxy) is 1. The van der Waals surface area contributed by atoms with E-state index < -0.39 is 0 Å². The third kappa shape index (κ3) is 1.95. The first-order valence-corrected chi connectivity index (χ1v) is 4.95. The van der Waals surface area contributed by atoms with Gasteiger partial charge in [0.15, 0.2) is 0 Å². The maximum atomic E-state index is 5.86. The van der Waals surface area contributed by atoms with Crippen molar-refractivity contribution < 1.29 is 4.74 Å². The molecule has 2 rings (SSSR count). The van der Waals surface area contributed by atoms with Crippen LogP contribution in [0.3, 0.4) is 0 Å². The molecule has 2 atom stereocenters. The van der Waals surface area contributed by atoms with Gasteiger partial charge in [0.05, 0.1) is 12.7 Å². The van der Waals surface area contributed by atoms with E-state index in [9.17, 15) is 0 Å². The van der Waals surface area contributed by atoms with Gasteiger partial charge in [-0.05, 0) is 12.5 Å². The molecule has 0 spiro atoms. The summed E-state index contributed by atoms with van der Waals surface area (Å²) >= 11 is 0. The number of morpholine rings is 1. The van der Waals surface area contributed by atoms with Crippen LogP contribution in [0.5, 0.6) is 0 Å². The number of rotatable bonds is 1. The highest BCUT2D eigenvalue weighted by Crippen LogP contribution is 2.22. The van der Waals surface area contributed by atoms with Crippen LogP contribution in [-0.4, -0.2) is 24.2 Å². The van der Waals surface area contributed by atoms with E-state index in [2.05, 4.69) is 19.1 Å². The van der Waals surface area contributed by atoms with Crippen LogP contribution in [-0.2, 0) is 4.74 Å². The summed E-state index contributed by atoms with van der Waals surface area (Å²) in [5.41, 5.74) is 1.20. The van der Waals surface area contributed by atoms with Gasteiger partial charge in [-0.2, -0.15) is 0 Å². The Morgan fingerprint density at radius 1 is 1.36 bits per heavy atom. The lowest BCUT2D eigenvalue weighted by Crippen LogP contribution is -2.49.